The highest BCUT2D eigenvalue weighted by Crippen LogP contribution is 2.16. The van der Waals surface area contributed by atoms with E-state index in [1.165, 1.54) is 6.07 Å². The molecule has 1 fully saturated rings. The van der Waals surface area contributed by atoms with Gasteiger partial charge in [-0.1, -0.05) is 18.2 Å². The number of ether oxygens (including phenoxy) is 2. The minimum atomic E-state index is -0.971. The van der Waals surface area contributed by atoms with Gasteiger partial charge in [-0.3, -0.25) is 4.99 Å². The molecule has 0 radical (unpaired) electrons. The molecular formula is C19H30FN3O3. The molecule has 1 aromatic carbocycles. The summed E-state index contributed by atoms with van der Waals surface area (Å²) in [6.07, 6.45) is 2.33. The summed E-state index contributed by atoms with van der Waals surface area (Å²) >= 11 is 0. The fourth-order valence-electron chi connectivity index (χ4n) is 2.73. The first-order valence-electron chi connectivity index (χ1n) is 9.34. The van der Waals surface area contributed by atoms with Crippen LogP contribution in [0.4, 0.5) is 4.39 Å². The predicted octanol–water partition coefficient (Wildman–Crippen LogP) is 2.00. The minimum Gasteiger partial charge on any atom is -0.386 e. The molecule has 1 aromatic rings. The van der Waals surface area contributed by atoms with Gasteiger partial charge in [0.25, 0.3) is 0 Å². The Labute approximate surface area is 154 Å². The molecule has 2 atom stereocenters. The number of guanidine groups is 1. The third kappa shape index (κ3) is 7.27. The average molecular weight is 367 g/mol. The van der Waals surface area contributed by atoms with E-state index < -0.39 is 11.9 Å². The lowest BCUT2D eigenvalue weighted by atomic mass is 10.1. The number of hydrogen-bond acceptors (Lipinski definition) is 4. The van der Waals surface area contributed by atoms with Crippen LogP contribution in [-0.2, 0) is 9.47 Å². The molecule has 146 valence electrons. The molecule has 0 aliphatic carbocycles. The van der Waals surface area contributed by atoms with Crippen LogP contribution in [0.1, 0.15) is 37.9 Å². The fraction of sp³-hybridized carbons (Fsp3) is 0.632. The van der Waals surface area contributed by atoms with Crippen molar-refractivity contribution in [3.8, 4) is 0 Å². The molecule has 1 saturated heterocycles. The highest BCUT2D eigenvalue weighted by Gasteiger charge is 2.15. The van der Waals surface area contributed by atoms with E-state index in [9.17, 15) is 9.50 Å². The standard InChI is InChI=1S/C19H30FN3O3/c1-2-21-19(22-10-6-11-25-14-15-7-5-12-26-15)23-13-18(24)16-8-3-4-9-17(16)20/h3-4,8-9,15,18,24H,2,5-7,10-14H2,1H3,(H2,21,22,23). The van der Waals surface area contributed by atoms with Crippen molar-refractivity contribution in [2.75, 3.05) is 39.5 Å². The topological polar surface area (TPSA) is 75.1 Å². The van der Waals surface area contributed by atoms with Gasteiger partial charge in [-0.2, -0.15) is 0 Å². The monoisotopic (exact) mass is 367 g/mol. The van der Waals surface area contributed by atoms with Crippen LogP contribution in [0, 0.1) is 5.82 Å². The van der Waals surface area contributed by atoms with Crippen LogP contribution in [0.3, 0.4) is 0 Å². The number of nitrogens with one attached hydrogen (secondary N) is 2. The zero-order valence-corrected chi connectivity index (χ0v) is 15.4. The van der Waals surface area contributed by atoms with Gasteiger partial charge < -0.3 is 25.2 Å². The molecule has 6 nitrogen and oxygen atoms in total. The maximum Gasteiger partial charge on any atom is 0.191 e. The highest BCUT2D eigenvalue weighted by atomic mass is 19.1. The van der Waals surface area contributed by atoms with Crippen LogP contribution in [0.25, 0.3) is 0 Å². The van der Waals surface area contributed by atoms with Crippen molar-refractivity contribution in [2.24, 2.45) is 4.99 Å². The molecule has 1 aliphatic heterocycles. The van der Waals surface area contributed by atoms with Gasteiger partial charge >= 0.3 is 0 Å². The van der Waals surface area contributed by atoms with Gasteiger partial charge in [0.15, 0.2) is 5.96 Å². The van der Waals surface area contributed by atoms with Gasteiger partial charge in [0.05, 0.1) is 19.3 Å². The van der Waals surface area contributed by atoms with E-state index in [2.05, 4.69) is 15.6 Å². The van der Waals surface area contributed by atoms with Gasteiger partial charge in [-0.15, -0.1) is 0 Å². The Hall–Kier alpha value is -1.70. The van der Waals surface area contributed by atoms with Crippen molar-refractivity contribution in [3.05, 3.63) is 35.6 Å². The molecule has 26 heavy (non-hydrogen) atoms. The summed E-state index contributed by atoms with van der Waals surface area (Å²) in [7, 11) is 0. The average Bonchev–Trinajstić information content (AvgIpc) is 3.16. The highest BCUT2D eigenvalue weighted by molar-refractivity contribution is 5.79. The lowest BCUT2D eigenvalue weighted by Crippen LogP contribution is -2.38. The lowest BCUT2D eigenvalue weighted by Gasteiger charge is -2.14. The van der Waals surface area contributed by atoms with E-state index in [4.69, 9.17) is 9.47 Å². The maximum atomic E-state index is 13.7. The van der Waals surface area contributed by atoms with Crippen molar-refractivity contribution in [1.29, 1.82) is 0 Å². The lowest BCUT2D eigenvalue weighted by molar-refractivity contribution is 0.0168. The molecule has 0 aromatic heterocycles. The van der Waals surface area contributed by atoms with Crippen molar-refractivity contribution in [3.63, 3.8) is 0 Å². The molecule has 0 bridgehead atoms. The van der Waals surface area contributed by atoms with Crippen LogP contribution < -0.4 is 10.6 Å². The first-order chi connectivity index (χ1) is 12.7. The molecule has 7 heteroatoms. The smallest absolute Gasteiger partial charge is 0.191 e. The van der Waals surface area contributed by atoms with Crippen molar-refractivity contribution in [1.82, 2.24) is 10.6 Å². The summed E-state index contributed by atoms with van der Waals surface area (Å²) in [6, 6.07) is 6.20. The number of benzene rings is 1. The quantitative estimate of drug-likeness (QED) is 0.335. The van der Waals surface area contributed by atoms with E-state index in [1.54, 1.807) is 18.2 Å². The first kappa shape index (κ1) is 20.6. The SMILES string of the molecule is CCNC(=NCC(O)c1ccccc1F)NCCCOCC1CCCO1. The molecule has 3 N–H and O–H groups in total. The van der Waals surface area contributed by atoms with Crippen LogP contribution in [0.5, 0.6) is 0 Å². The number of halogens is 1. The van der Waals surface area contributed by atoms with Crippen LogP contribution in [0.15, 0.2) is 29.3 Å². The number of aliphatic hydroxyl groups excluding tert-OH is 1. The summed E-state index contributed by atoms with van der Waals surface area (Å²) < 4.78 is 24.8. The van der Waals surface area contributed by atoms with E-state index in [0.717, 1.165) is 25.9 Å². The Kier molecular flexibility index (Phi) is 9.38. The summed E-state index contributed by atoms with van der Waals surface area (Å²) in [5.41, 5.74) is 0.259. The number of aliphatic imine (C=N–C) groups is 1. The van der Waals surface area contributed by atoms with Gasteiger partial charge in [0, 0.05) is 31.9 Å². The molecule has 1 heterocycles. The molecule has 0 spiro atoms. The Balaban J connectivity index is 1.67. The number of aliphatic hydroxyl groups is 1. The van der Waals surface area contributed by atoms with Crippen molar-refractivity contribution >= 4 is 5.96 Å². The van der Waals surface area contributed by atoms with Gasteiger partial charge in [0.1, 0.15) is 11.9 Å². The third-order valence-corrected chi connectivity index (χ3v) is 4.12. The van der Waals surface area contributed by atoms with Crippen LogP contribution in [0.2, 0.25) is 0 Å². The van der Waals surface area contributed by atoms with Gasteiger partial charge in [-0.05, 0) is 32.3 Å². The second-order valence-corrected chi connectivity index (χ2v) is 6.25. The minimum absolute atomic E-state index is 0.0891. The molecule has 2 rings (SSSR count). The molecule has 0 amide bonds. The van der Waals surface area contributed by atoms with Crippen LogP contribution >= 0.6 is 0 Å². The summed E-state index contributed by atoms with van der Waals surface area (Å²) in [5, 5.41) is 16.4. The maximum absolute atomic E-state index is 13.7. The number of nitrogens with zero attached hydrogens (tertiary/aromatic N) is 1. The second-order valence-electron chi connectivity index (χ2n) is 6.25. The number of hydrogen-bond donors (Lipinski definition) is 3. The van der Waals surface area contributed by atoms with Gasteiger partial charge in [0.2, 0.25) is 0 Å². The Bertz CT molecular complexity index is 551. The Morgan fingerprint density at radius 1 is 1.42 bits per heavy atom. The number of rotatable bonds is 10. The Morgan fingerprint density at radius 3 is 3.00 bits per heavy atom. The molecule has 1 aliphatic rings. The first-order valence-corrected chi connectivity index (χ1v) is 9.34. The largest absolute Gasteiger partial charge is 0.386 e. The third-order valence-electron chi connectivity index (χ3n) is 4.12. The zero-order chi connectivity index (χ0) is 18.6. The second kappa shape index (κ2) is 11.8. The Morgan fingerprint density at radius 2 is 2.27 bits per heavy atom. The van der Waals surface area contributed by atoms with Crippen LogP contribution in [-0.4, -0.2) is 56.6 Å². The van der Waals surface area contributed by atoms with Gasteiger partial charge in [-0.25, -0.2) is 4.39 Å². The van der Waals surface area contributed by atoms with E-state index in [1.807, 2.05) is 6.92 Å². The summed E-state index contributed by atoms with van der Waals surface area (Å²) in [6.45, 7) is 5.62. The summed E-state index contributed by atoms with van der Waals surface area (Å²) in [5.74, 6) is 0.179. The van der Waals surface area contributed by atoms with E-state index >= 15 is 0 Å². The molecule has 0 saturated carbocycles. The normalized spacial score (nSPS) is 18.7. The fourth-order valence-corrected chi connectivity index (χ4v) is 2.73. The molecular weight excluding hydrogens is 337 g/mol. The van der Waals surface area contributed by atoms with Crippen molar-refractivity contribution in [2.45, 2.75) is 38.4 Å². The molecule has 2 unspecified atom stereocenters. The van der Waals surface area contributed by atoms with Crippen molar-refractivity contribution < 1.29 is 19.0 Å². The predicted molar refractivity (Wildman–Crippen MR) is 99.8 cm³/mol. The van der Waals surface area contributed by atoms with E-state index in [0.29, 0.717) is 32.3 Å². The zero-order valence-electron chi connectivity index (χ0n) is 15.4. The summed E-state index contributed by atoms with van der Waals surface area (Å²) in [4.78, 5) is 4.33. The van der Waals surface area contributed by atoms with E-state index in [-0.39, 0.29) is 18.2 Å².